The highest BCUT2D eigenvalue weighted by Gasteiger charge is 2.27. The van der Waals surface area contributed by atoms with Gasteiger partial charge < -0.3 is 9.64 Å². The maximum absolute atomic E-state index is 12.9. The molecule has 1 unspecified atom stereocenters. The zero-order valence-electron chi connectivity index (χ0n) is 13.3. The van der Waals surface area contributed by atoms with Gasteiger partial charge in [0.05, 0.1) is 24.5 Å². The minimum absolute atomic E-state index is 0.00766. The van der Waals surface area contributed by atoms with Gasteiger partial charge in [0.15, 0.2) is 5.82 Å². The summed E-state index contributed by atoms with van der Waals surface area (Å²) in [6.45, 7) is 1.17. The molecule has 1 saturated heterocycles. The van der Waals surface area contributed by atoms with Crippen molar-refractivity contribution >= 4 is 17.7 Å². The van der Waals surface area contributed by atoms with Crippen molar-refractivity contribution < 1.29 is 13.9 Å². The lowest BCUT2D eigenvalue weighted by atomic mass is 10.1. The first kappa shape index (κ1) is 16.7. The summed E-state index contributed by atoms with van der Waals surface area (Å²) in [5, 5.41) is 0. The number of halogens is 1. The molecular weight excluding hydrogens is 329 g/mol. The van der Waals surface area contributed by atoms with Crippen LogP contribution in [0.4, 0.5) is 4.39 Å². The highest BCUT2D eigenvalue weighted by atomic mass is 32.2. The molecule has 0 N–H and O–H groups in total. The van der Waals surface area contributed by atoms with Crippen LogP contribution in [0.1, 0.15) is 23.2 Å². The topological polar surface area (TPSA) is 55.3 Å². The molecule has 24 heavy (non-hydrogen) atoms. The van der Waals surface area contributed by atoms with E-state index in [1.54, 1.807) is 16.7 Å². The highest BCUT2D eigenvalue weighted by Crippen LogP contribution is 2.23. The van der Waals surface area contributed by atoms with Gasteiger partial charge in [-0.05, 0) is 31.2 Å². The molecule has 1 amide bonds. The van der Waals surface area contributed by atoms with E-state index in [0.717, 1.165) is 30.1 Å². The average molecular weight is 347 g/mol. The molecule has 2 aromatic rings. The van der Waals surface area contributed by atoms with Crippen molar-refractivity contribution in [3.63, 3.8) is 0 Å². The van der Waals surface area contributed by atoms with Crippen molar-refractivity contribution in [1.82, 2.24) is 14.9 Å². The van der Waals surface area contributed by atoms with E-state index in [0.29, 0.717) is 18.7 Å². The Hall–Kier alpha value is -2.15. The van der Waals surface area contributed by atoms with E-state index < -0.39 is 5.82 Å². The SMILES string of the molecule is CSc1ccccc1C(=O)N1CCCC(Oc2ncc(F)cn2)C1. The fraction of sp³-hybridized carbons (Fsp3) is 0.353. The number of rotatable bonds is 4. The standard InChI is InChI=1S/C17H18FN3O2S/c1-24-15-7-3-2-6-14(15)16(22)21-8-4-5-13(11-21)23-17-19-9-12(18)10-20-17/h2-3,6-7,9-10,13H,4-5,8,11H2,1H3. The molecular formula is C17H18FN3O2S. The van der Waals surface area contributed by atoms with Crippen LogP contribution in [-0.4, -0.2) is 46.2 Å². The second-order valence-corrected chi connectivity index (χ2v) is 6.37. The Kier molecular flexibility index (Phi) is 5.30. The van der Waals surface area contributed by atoms with Gasteiger partial charge in [0.25, 0.3) is 5.91 Å². The maximum atomic E-state index is 12.9. The normalized spacial score (nSPS) is 17.6. The smallest absolute Gasteiger partial charge is 0.316 e. The van der Waals surface area contributed by atoms with E-state index in [1.165, 1.54) is 0 Å². The van der Waals surface area contributed by atoms with Crippen LogP contribution in [0.2, 0.25) is 0 Å². The number of hydrogen-bond acceptors (Lipinski definition) is 5. The molecule has 2 heterocycles. The first-order chi connectivity index (χ1) is 11.7. The van der Waals surface area contributed by atoms with E-state index in [9.17, 15) is 9.18 Å². The fourth-order valence-corrected chi connectivity index (χ4v) is 3.31. The van der Waals surface area contributed by atoms with Crippen molar-refractivity contribution in [2.24, 2.45) is 0 Å². The van der Waals surface area contributed by atoms with Crippen LogP contribution >= 0.6 is 11.8 Å². The second-order valence-electron chi connectivity index (χ2n) is 5.52. The molecule has 1 aliphatic heterocycles. The number of piperidine rings is 1. The van der Waals surface area contributed by atoms with Gasteiger partial charge in [0.2, 0.25) is 0 Å². The molecule has 1 aromatic heterocycles. The molecule has 3 rings (SSSR count). The monoisotopic (exact) mass is 347 g/mol. The number of hydrogen-bond donors (Lipinski definition) is 0. The Morgan fingerprint density at radius 3 is 2.83 bits per heavy atom. The van der Waals surface area contributed by atoms with Crippen molar-refractivity contribution in [2.45, 2.75) is 23.8 Å². The number of benzene rings is 1. The summed E-state index contributed by atoms with van der Waals surface area (Å²) in [5.41, 5.74) is 0.712. The van der Waals surface area contributed by atoms with Crippen LogP contribution in [0, 0.1) is 5.82 Å². The van der Waals surface area contributed by atoms with Crippen LogP contribution in [0.5, 0.6) is 6.01 Å². The zero-order valence-corrected chi connectivity index (χ0v) is 14.1. The molecule has 7 heteroatoms. The minimum atomic E-state index is -0.503. The van der Waals surface area contributed by atoms with Gasteiger partial charge in [-0.3, -0.25) is 4.79 Å². The Morgan fingerprint density at radius 2 is 2.08 bits per heavy atom. The number of thioether (sulfide) groups is 1. The molecule has 0 saturated carbocycles. The number of nitrogens with zero attached hydrogens (tertiary/aromatic N) is 3. The van der Waals surface area contributed by atoms with E-state index in [2.05, 4.69) is 9.97 Å². The third-order valence-corrected chi connectivity index (χ3v) is 4.67. The lowest BCUT2D eigenvalue weighted by Gasteiger charge is -2.32. The van der Waals surface area contributed by atoms with Gasteiger partial charge in [-0.1, -0.05) is 12.1 Å². The van der Waals surface area contributed by atoms with Crippen molar-refractivity contribution in [3.05, 3.63) is 48.0 Å². The third-order valence-electron chi connectivity index (χ3n) is 3.87. The molecule has 1 atom stereocenters. The first-order valence-electron chi connectivity index (χ1n) is 7.74. The van der Waals surface area contributed by atoms with E-state index in [1.807, 2.05) is 30.5 Å². The Morgan fingerprint density at radius 1 is 1.33 bits per heavy atom. The molecule has 0 aliphatic carbocycles. The van der Waals surface area contributed by atoms with Crippen LogP contribution in [0.3, 0.4) is 0 Å². The number of carbonyl (C=O) groups is 1. The van der Waals surface area contributed by atoms with Gasteiger partial charge in [0, 0.05) is 11.4 Å². The van der Waals surface area contributed by atoms with Crippen molar-refractivity contribution in [3.8, 4) is 6.01 Å². The van der Waals surface area contributed by atoms with E-state index >= 15 is 0 Å². The van der Waals surface area contributed by atoms with Gasteiger partial charge >= 0.3 is 6.01 Å². The van der Waals surface area contributed by atoms with Gasteiger partial charge in [-0.2, -0.15) is 0 Å². The molecule has 1 fully saturated rings. The van der Waals surface area contributed by atoms with Crippen molar-refractivity contribution in [1.29, 1.82) is 0 Å². The first-order valence-corrected chi connectivity index (χ1v) is 8.96. The Labute approximate surface area is 144 Å². The zero-order chi connectivity index (χ0) is 16.9. The van der Waals surface area contributed by atoms with Crippen molar-refractivity contribution in [2.75, 3.05) is 19.3 Å². The Balaban J connectivity index is 1.68. The molecule has 0 bridgehead atoms. The van der Waals surface area contributed by atoms with Crippen LogP contribution < -0.4 is 4.74 Å². The van der Waals surface area contributed by atoms with Crippen LogP contribution in [-0.2, 0) is 0 Å². The van der Waals surface area contributed by atoms with E-state index in [-0.39, 0.29) is 18.0 Å². The summed E-state index contributed by atoms with van der Waals surface area (Å²) in [4.78, 5) is 23.2. The predicted molar refractivity (Wildman–Crippen MR) is 89.8 cm³/mol. The summed E-state index contributed by atoms with van der Waals surface area (Å²) in [5.74, 6) is -0.496. The summed E-state index contributed by atoms with van der Waals surface area (Å²) < 4.78 is 18.6. The highest BCUT2D eigenvalue weighted by molar-refractivity contribution is 7.98. The number of likely N-dealkylation sites (tertiary alicyclic amines) is 1. The van der Waals surface area contributed by atoms with Crippen LogP contribution in [0.25, 0.3) is 0 Å². The lowest BCUT2D eigenvalue weighted by Crippen LogP contribution is -2.44. The lowest BCUT2D eigenvalue weighted by molar-refractivity contribution is 0.0512. The number of carbonyl (C=O) groups excluding carboxylic acids is 1. The number of amides is 1. The molecule has 0 spiro atoms. The Bertz CT molecular complexity index is 711. The molecule has 1 aliphatic rings. The maximum Gasteiger partial charge on any atom is 0.316 e. The molecule has 1 aromatic carbocycles. The number of aromatic nitrogens is 2. The summed E-state index contributed by atoms with van der Waals surface area (Å²) >= 11 is 1.56. The van der Waals surface area contributed by atoms with E-state index in [4.69, 9.17) is 4.74 Å². The summed E-state index contributed by atoms with van der Waals surface area (Å²) in [7, 11) is 0. The number of ether oxygens (including phenoxy) is 1. The molecule has 5 nitrogen and oxygen atoms in total. The molecule has 0 radical (unpaired) electrons. The average Bonchev–Trinajstić information content (AvgIpc) is 2.63. The van der Waals surface area contributed by atoms with Gasteiger partial charge in [0.1, 0.15) is 6.10 Å². The van der Waals surface area contributed by atoms with Crippen LogP contribution in [0.15, 0.2) is 41.6 Å². The quantitative estimate of drug-likeness (QED) is 0.796. The third kappa shape index (κ3) is 3.84. The minimum Gasteiger partial charge on any atom is -0.458 e. The van der Waals surface area contributed by atoms with Gasteiger partial charge in [-0.15, -0.1) is 11.8 Å². The predicted octanol–water partition coefficient (Wildman–Crippen LogP) is 3.02. The molecule has 126 valence electrons. The summed E-state index contributed by atoms with van der Waals surface area (Å²) in [6.07, 6.45) is 5.58. The second kappa shape index (κ2) is 7.61. The summed E-state index contributed by atoms with van der Waals surface area (Å²) in [6, 6.07) is 7.73. The van der Waals surface area contributed by atoms with Gasteiger partial charge in [-0.25, -0.2) is 14.4 Å². The fourth-order valence-electron chi connectivity index (χ4n) is 2.72. The largest absolute Gasteiger partial charge is 0.458 e.